The molecule has 0 atom stereocenters. The van der Waals surface area contributed by atoms with E-state index in [-0.39, 0.29) is 16.3 Å². The van der Waals surface area contributed by atoms with E-state index in [4.69, 9.17) is 11.6 Å². The van der Waals surface area contributed by atoms with Crippen LogP contribution in [0.1, 0.15) is 27.0 Å². The fraction of sp³-hybridized carbons (Fsp3) is 0.188. The zero-order valence-electron chi connectivity index (χ0n) is 12.4. The molecule has 0 unspecified atom stereocenters. The molecule has 2 aromatic rings. The Morgan fingerprint density at radius 1 is 1.14 bits per heavy atom. The molecule has 5 nitrogen and oxygen atoms in total. The highest BCUT2D eigenvalue weighted by Crippen LogP contribution is 2.26. The highest BCUT2D eigenvalue weighted by molar-refractivity contribution is 6.34. The van der Waals surface area contributed by atoms with Crippen molar-refractivity contribution in [3.05, 3.63) is 67.7 Å². The number of anilines is 1. The molecule has 0 bridgehead atoms. The summed E-state index contributed by atoms with van der Waals surface area (Å²) in [6, 6.07) is 7.73. The number of hydrogen-bond acceptors (Lipinski definition) is 3. The van der Waals surface area contributed by atoms with Gasteiger partial charge in [-0.15, -0.1) is 0 Å². The van der Waals surface area contributed by atoms with Gasteiger partial charge in [-0.2, -0.15) is 0 Å². The molecule has 0 saturated carbocycles. The molecule has 0 aliphatic rings. The van der Waals surface area contributed by atoms with Crippen molar-refractivity contribution in [3.63, 3.8) is 0 Å². The van der Waals surface area contributed by atoms with Crippen molar-refractivity contribution < 1.29 is 9.72 Å². The number of hydrogen-bond donors (Lipinski definition) is 1. The zero-order valence-corrected chi connectivity index (χ0v) is 13.2. The quantitative estimate of drug-likeness (QED) is 0.672. The van der Waals surface area contributed by atoms with Gasteiger partial charge in [0.15, 0.2) is 0 Å². The van der Waals surface area contributed by atoms with E-state index in [9.17, 15) is 14.9 Å². The smallest absolute Gasteiger partial charge is 0.270 e. The van der Waals surface area contributed by atoms with Crippen LogP contribution in [-0.4, -0.2) is 10.8 Å². The summed E-state index contributed by atoms with van der Waals surface area (Å²) in [5, 5.41) is 13.6. The fourth-order valence-electron chi connectivity index (χ4n) is 2.36. The van der Waals surface area contributed by atoms with Crippen LogP contribution in [-0.2, 0) is 0 Å². The molecule has 0 aliphatic carbocycles. The predicted molar refractivity (Wildman–Crippen MR) is 86.7 cm³/mol. The summed E-state index contributed by atoms with van der Waals surface area (Å²) >= 11 is 5.97. The molecule has 0 spiro atoms. The SMILES string of the molecule is Cc1cc(C)c(NC(=O)c2ccc([N+](=O)[O-])cc2Cl)c(C)c1. The summed E-state index contributed by atoms with van der Waals surface area (Å²) in [6.45, 7) is 5.80. The number of aryl methyl sites for hydroxylation is 3. The molecule has 0 aliphatic heterocycles. The highest BCUT2D eigenvalue weighted by atomic mass is 35.5. The van der Waals surface area contributed by atoms with E-state index in [0.29, 0.717) is 0 Å². The normalized spacial score (nSPS) is 10.4. The molecule has 1 amide bonds. The summed E-state index contributed by atoms with van der Waals surface area (Å²) in [7, 11) is 0. The molecule has 114 valence electrons. The van der Waals surface area contributed by atoms with Gasteiger partial charge in [0.1, 0.15) is 0 Å². The summed E-state index contributed by atoms with van der Waals surface area (Å²) in [5.41, 5.74) is 3.79. The first-order valence-electron chi connectivity index (χ1n) is 6.62. The Labute approximate surface area is 133 Å². The summed E-state index contributed by atoms with van der Waals surface area (Å²) in [6.07, 6.45) is 0. The summed E-state index contributed by atoms with van der Waals surface area (Å²) < 4.78 is 0. The Morgan fingerprint density at radius 3 is 2.23 bits per heavy atom. The maximum atomic E-state index is 12.3. The van der Waals surface area contributed by atoms with Crippen LogP contribution in [0.5, 0.6) is 0 Å². The van der Waals surface area contributed by atoms with E-state index in [1.165, 1.54) is 18.2 Å². The Kier molecular flexibility index (Phi) is 4.47. The van der Waals surface area contributed by atoms with Gasteiger partial charge < -0.3 is 5.32 Å². The molecule has 0 heterocycles. The number of carbonyl (C=O) groups is 1. The fourth-order valence-corrected chi connectivity index (χ4v) is 2.62. The molecule has 2 rings (SSSR count). The maximum Gasteiger partial charge on any atom is 0.270 e. The molecular weight excluding hydrogens is 304 g/mol. The number of non-ortho nitro benzene ring substituents is 1. The third-order valence-corrected chi connectivity index (χ3v) is 3.64. The number of nitrogens with one attached hydrogen (secondary N) is 1. The summed E-state index contributed by atoms with van der Waals surface area (Å²) in [5.74, 6) is -0.394. The Morgan fingerprint density at radius 2 is 1.73 bits per heavy atom. The lowest BCUT2D eigenvalue weighted by atomic mass is 10.0. The van der Waals surface area contributed by atoms with Gasteiger partial charge in [-0.1, -0.05) is 29.3 Å². The van der Waals surface area contributed by atoms with Crippen LogP contribution in [0.25, 0.3) is 0 Å². The van der Waals surface area contributed by atoms with Crippen molar-refractivity contribution in [2.45, 2.75) is 20.8 Å². The van der Waals surface area contributed by atoms with Crippen LogP contribution in [0.15, 0.2) is 30.3 Å². The monoisotopic (exact) mass is 318 g/mol. The van der Waals surface area contributed by atoms with Crippen molar-refractivity contribution in [3.8, 4) is 0 Å². The first-order valence-corrected chi connectivity index (χ1v) is 7.00. The van der Waals surface area contributed by atoms with E-state index in [2.05, 4.69) is 5.32 Å². The maximum absolute atomic E-state index is 12.3. The standard InChI is InChI=1S/C16H15ClN2O3/c1-9-6-10(2)15(11(3)7-9)18-16(20)13-5-4-12(19(21)22)8-14(13)17/h4-8H,1-3H3,(H,18,20). The third-order valence-electron chi connectivity index (χ3n) is 3.32. The summed E-state index contributed by atoms with van der Waals surface area (Å²) in [4.78, 5) is 22.5. The van der Waals surface area contributed by atoms with Gasteiger partial charge in [-0.05, 0) is 38.0 Å². The molecule has 0 radical (unpaired) electrons. The number of nitro benzene ring substituents is 1. The van der Waals surface area contributed by atoms with E-state index in [0.717, 1.165) is 22.4 Å². The average Bonchev–Trinajstić information content (AvgIpc) is 2.42. The number of nitrogens with zero attached hydrogens (tertiary/aromatic N) is 1. The molecule has 6 heteroatoms. The average molecular weight is 319 g/mol. The van der Waals surface area contributed by atoms with Crippen LogP contribution >= 0.6 is 11.6 Å². The highest BCUT2D eigenvalue weighted by Gasteiger charge is 2.16. The van der Waals surface area contributed by atoms with E-state index >= 15 is 0 Å². The minimum absolute atomic E-state index is 0.0501. The molecule has 1 N–H and O–H groups in total. The second-order valence-corrected chi connectivity index (χ2v) is 5.56. The van der Waals surface area contributed by atoms with Gasteiger partial charge in [0.25, 0.3) is 11.6 Å². The van der Waals surface area contributed by atoms with Gasteiger partial charge in [0.05, 0.1) is 15.5 Å². The first-order chi connectivity index (χ1) is 10.3. The zero-order chi connectivity index (χ0) is 16.4. The van der Waals surface area contributed by atoms with Crippen LogP contribution in [0.3, 0.4) is 0 Å². The first kappa shape index (κ1) is 16.0. The van der Waals surface area contributed by atoms with E-state index in [1.54, 1.807) is 0 Å². The topological polar surface area (TPSA) is 72.2 Å². The van der Waals surface area contributed by atoms with Gasteiger partial charge in [0.2, 0.25) is 0 Å². The van der Waals surface area contributed by atoms with Gasteiger partial charge in [-0.25, -0.2) is 0 Å². The van der Waals surface area contributed by atoms with Gasteiger partial charge >= 0.3 is 0 Å². The molecule has 0 fully saturated rings. The molecule has 22 heavy (non-hydrogen) atoms. The Hall–Kier alpha value is -2.40. The largest absolute Gasteiger partial charge is 0.321 e. The number of carbonyl (C=O) groups excluding carboxylic acids is 1. The molecular formula is C16H15ClN2O3. The lowest BCUT2D eigenvalue weighted by Crippen LogP contribution is -2.14. The number of halogens is 1. The molecule has 0 aromatic heterocycles. The molecule has 0 saturated heterocycles. The van der Waals surface area contributed by atoms with Crippen molar-refractivity contribution in [1.29, 1.82) is 0 Å². The van der Waals surface area contributed by atoms with Crippen molar-refractivity contribution in [1.82, 2.24) is 0 Å². The van der Waals surface area contributed by atoms with Gasteiger partial charge in [0, 0.05) is 17.8 Å². The van der Waals surface area contributed by atoms with Crippen LogP contribution in [0.2, 0.25) is 5.02 Å². The second-order valence-electron chi connectivity index (χ2n) is 5.15. The lowest BCUT2D eigenvalue weighted by Gasteiger charge is -2.13. The van der Waals surface area contributed by atoms with Crippen molar-refractivity contribution in [2.24, 2.45) is 0 Å². The van der Waals surface area contributed by atoms with Crippen molar-refractivity contribution >= 4 is 28.9 Å². The number of rotatable bonds is 3. The molecule has 2 aromatic carbocycles. The van der Waals surface area contributed by atoms with E-state index < -0.39 is 10.8 Å². The van der Waals surface area contributed by atoms with Gasteiger partial charge in [-0.3, -0.25) is 14.9 Å². The Balaban J connectivity index is 2.32. The minimum atomic E-state index is -0.554. The van der Waals surface area contributed by atoms with Crippen LogP contribution < -0.4 is 5.32 Å². The van der Waals surface area contributed by atoms with Crippen LogP contribution in [0.4, 0.5) is 11.4 Å². The number of benzene rings is 2. The van der Waals surface area contributed by atoms with E-state index in [1.807, 2.05) is 32.9 Å². The number of nitro groups is 1. The number of amides is 1. The third kappa shape index (κ3) is 3.26. The van der Waals surface area contributed by atoms with Crippen molar-refractivity contribution in [2.75, 3.05) is 5.32 Å². The predicted octanol–water partition coefficient (Wildman–Crippen LogP) is 4.43. The minimum Gasteiger partial charge on any atom is -0.321 e. The second kappa shape index (κ2) is 6.15. The Bertz CT molecular complexity index is 749. The lowest BCUT2D eigenvalue weighted by molar-refractivity contribution is -0.384. The van der Waals surface area contributed by atoms with Crippen LogP contribution in [0, 0.1) is 30.9 Å².